The minimum atomic E-state index is -1.16. The van der Waals surface area contributed by atoms with Gasteiger partial charge in [0.1, 0.15) is 0 Å². The van der Waals surface area contributed by atoms with Crippen LogP contribution in [0.15, 0.2) is 0 Å². The minimum Gasteiger partial charge on any atom is -0.345 e. The largest absolute Gasteiger partial charge is 0.345 e. The standard InChI is InChI=1S/C17H34N2O3/c1-9-11(2)13(4)15-14(18-5)12(3)10-17(21-8,22-15)16(20)19(6)7/h11-15,18H,9-10H2,1-8H3. The molecule has 1 amide bonds. The van der Waals surface area contributed by atoms with Gasteiger partial charge in [-0.05, 0) is 24.8 Å². The Morgan fingerprint density at radius 1 is 1.45 bits per heavy atom. The fraction of sp³-hybridized carbons (Fsp3) is 0.941. The third kappa shape index (κ3) is 3.63. The number of amides is 1. The van der Waals surface area contributed by atoms with Gasteiger partial charge < -0.3 is 19.7 Å². The van der Waals surface area contributed by atoms with Crippen LogP contribution in [0.2, 0.25) is 0 Å². The predicted octanol–water partition coefficient (Wildman–Crippen LogP) is 2.11. The van der Waals surface area contributed by atoms with Crippen molar-refractivity contribution in [3.05, 3.63) is 0 Å². The Balaban J connectivity index is 3.14. The van der Waals surface area contributed by atoms with E-state index in [1.54, 1.807) is 26.1 Å². The van der Waals surface area contributed by atoms with Crippen LogP contribution in [-0.4, -0.2) is 57.0 Å². The zero-order chi connectivity index (χ0) is 17.1. The molecule has 1 heterocycles. The molecule has 5 nitrogen and oxygen atoms in total. The van der Waals surface area contributed by atoms with Crippen LogP contribution >= 0.6 is 0 Å². The number of carbonyl (C=O) groups is 1. The molecule has 0 aliphatic carbocycles. The molecule has 0 bridgehead atoms. The molecule has 1 saturated heterocycles. The summed E-state index contributed by atoms with van der Waals surface area (Å²) in [4.78, 5) is 14.2. The van der Waals surface area contributed by atoms with Gasteiger partial charge in [-0.25, -0.2) is 0 Å². The van der Waals surface area contributed by atoms with E-state index in [0.717, 1.165) is 6.42 Å². The van der Waals surface area contributed by atoms with Gasteiger partial charge in [0, 0.05) is 33.7 Å². The summed E-state index contributed by atoms with van der Waals surface area (Å²) in [5, 5.41) is 3.39. The van der Waals surface area contributed by atoms with Crippen molar-refractivity contribution in [2.24, 2.45) is 17.8 Å². The highest BCUT2D eigenvalue weighted by Crippen LogP contribution is 2.39. The lowest BCUT2D eigenvalue weighted by molar-refractivity contribution is -0.283. The number of carbonyl (C=O) groups excluding carboxylic acids is 1. The van der Waals surface area contributed by atoms with Crippen molar-refractivity contribution in [1.29, 1.82) is 0 Å². The lowest BCUT2D eigenvalue weighted by atomic mass is 9.77. The molecule has 0 spiro atoms. The molecule has 0 aromatic rings. The molecule has 0 aromatic heterocycles. The first-order valence-corrected chi connectivity index (χ1v) is 8.36. The van der Waals surface area contributed by atoms with Crippen LogP contribution in [0.3, 0.4) is 0 Å². The molecule has 0 saturated carbocycles. The molecule has 5 heteroatoms. The molecule has 1 N–H and O–H groups in total. The number of methoxy groups -OCH3 is 1. The molecule has 0 radical (unpaired) electrons. The van der Waals surface area contributed by atoms with E-state index in [4.69, 9.17) is 9.47 Å². The van der Waals surface area contributed by atoms with Gasteiger partial charge in [0.05, 0.1) is 6.10 Å². The monoisotopic (exact) mass is 314 g/mol. The summed E-state index contributed by atoms with van der Waals surface area (Å²) >= 11 is 0. The minimum absolute atomic E-state index is 0.0486. The maximum absolute atomic E-state index is 12.7. The van der Waals surface area contributed by atoms with Crippen LogP contribution in [0.5, 0.6) is 0 Å². The van der Waals surface area contributed by atoms with E-state index in [2.05, 4.69) is 33.0 Å². The Hall–Kier alpha value is -0.650. The molecule has 1 aliphatic heterocycles. The van der Waals surface area contributed by atoms with Crippen molar-refractivity contribution in [3.63, 3.8) is 0 Å². The zero-order valence-corrected chi connectivity index (χ0v) is 15.5. The van der Waals surface area contributed by atoms with Crippen molar-refractivity contribution in [2.75, 3.05) is 28.3 Å². The maximum Gasteiger partial charge on any atom is 0.282 e. The van der Waals surface area contributed by atoms with Gasteiger partial charge in [0.2, 0.25) is 5.79 Å². The Labute approximate surface area is 135 Å². The van der Waals surface area contributed by atoms with E-state index in [1.165, 1.54) is 0 Å². The molecule has 1 aliphatic rings. The van der Waals surface area contributed by atoms with Gasteiger partial charge in [-0.2, -0.15) is 0 Å². The average Bonchev–Trinajstić information content (AvgIpc) is 2.51. The quantitative estimate of drug-likeness (QED) is 0.816. The Morgan fingerprint density at radius 2 is 2.05 bits per heavy atom. The third-order valence-corrected chi connectivity index (χ3v) is 5.34. The van der Waals surface area contributed by atoms with Crippen molar-refractivity contribution in [2.45, 2.75) is 58.5 Å². The van der Waals surface area contributed by atoms with Gasteiger partial charge in [0.25, 0.3) is 5.91 Å². The third-order valence-electron chi connectivity index (χ3n) is 5.34. The number of hydrogen-bond acceptors (Lipinski definition) is 4. The highest BCUT2D eigenvalue weighted by molar-refractivity contribution is 5.83. The van der Waals surface area contributed by atoms with E-state index in [-0.39, 0.29) is 18.1 Å². The first-order valence-electron chi connectivity index (χ1n) is 8.36. The molecule has 0 aromatic carbocycles. The molecule has 22 heavy (non-hydrogen) atoms. The van der Waals surface area contributed by atoms with Gasteiger partial charge in [-0.15, -0.1) is 0 Å². The molecule has 130 valence electrons. The number of likely N-dealkylation sites (N-methyl/N-ethyl adjacent to an activating group) is 2. The predicted molar refractivity (Wildman–Crippen MR) is 88.6 cm³/mol. The van der Waals surface area contributed by atoms with Crippen LogP contribution in [-0.2, 0) is 14.3 Å². The summed E-state index contributed by atoms with van der Waals surface area (Å²) in [7, 11) is 7.02. The summed E-state index contributed by atoms with van der Waals surface area (Å²) in [5.41, 5.74) is 0. The van der Waals surface area contributed by atoms with Gasteiger partial charge >= 0.3 is 0 Å². The summed E-state index contributed by atoms with van der Waals surface area (Å²) < 4.78 is 11.9. The fourth-order valence-corrected chi connectivity index (χ4v) is 3.49. The Morgan fingerprint density at radius 3 is 2.45 bits per heavy atom. The molecular weight excluding hydrogens is 280 g/mol. The fourth-order valence-electron chi connectivity index (χ4n) is 3.49. The zero-order valence-electron chi connectivity index (χ0n) is 15.5. The van der Waals surface area contributed by atoms with Gasteiger partial charge in [-0.1, -0.05) is 34.1 Å². The maximum atomic E-state index is 12.7. The Kier molecular flexibility index (Phi) is 6.84. The number of hydrogen-bond donors (Lipinski definition) is 1. The second kappa shape index (κ2) is 7.75. The highest BCUT2D eigenvalue weighted by Gasteiger charge is 2.52. The SMILES string of the molecule is CCC(C)C(C)C1OC(OC)(C(=O)N(C)C)CC(C)C1NC. The second-order valence-corrected chi connectivity index (χ2v) is 6.98. The topological polar surface area (TPSA) is 50.8 Å². The molecular formula is C17H34N2O3. The normalized spacial score (nSPS) is 35.0. The summed E-state index contributed by atoms with van der Waals surface area (Å²) in [6, 6.07) is 0.224. The smallest absolute Gasteiger partial charge is 0.282 e. The molecule has 1 fully saturated rings. The van der Waals surface area contributed by atoms with Crippen LogP contribution in [0, 0.1) is 17.8 Å². The van der Waals surface area contributed by atoms with Crippen LogP contribution in [0.4, 0.5) is 0 Å². The van der Waals surface area contributed by atoms with E-state index < -0.39 is 5.79 Å². The van der Waals surface area contributed by atoms with Crippen molar-refractivity contribution in [3.8, 4) is 0 Å². The Bertz CT molecular complexity index is 375. The lowest BCUT2D eigenvalue weighted by Crippen LogP contribution is -2.63. The summed E-state index contributed by atoms with van der Waals surface area (Å²) in [6.07, 6.45) is 1.61. The van der Waals surface area contributed by atoms with Crippen LogP contribution in [0.1, 0.15) is 40.5 Å². The molecule has 1 rings (SSSR count). The number of nitrogens with one attached hydrogen (secondary N) is 1. The summed E-state index contributed by atoms with van der Waals surface area (Å²) in [5.74, 6) is -0.121. The average molecular weight is 314 g/mol. The molecule has 6 atom stereocenters. The van der Waals surface area contributed by atoms with Crippen molar-refractivity contribution >= 4 is 5.91 Å². The summed E-state index contributed by atoms with van der Waals surface area (Å²) in [6.45, 7) is 8.80. The van der Waals surface area contributed by atoms with Crippen molar-refractivity contribution < 1.29 is 14.3 Å². The van der Waals surface area contributed by atoms with E-state index in [9.17, 15) is 4.79 Å². The first kappa shape index (κ1) is 19.4. The van der Waals surface area contributed by atoms with E-state index in [0.29, 0.717) is 24.2 Å². The highest BCUT2D eigenvalue weighted by atomic mass is 16.7. The molecule has 6 unspecified atom stereocenters. The number of nitrogens with zero attached hydrogens (tertiary/aromatic N) is 1. The van der Waals surface area contributed by atoms with Gasteiger partial charge in [0.15, 0.2) is 0 Å². The lowest BCUT2D eigenvalue weighted by Gasteiger charge is -2.49. The van der Waals surface area contributed by atoms with Crippen LogP contribution in [0.25, 0.3) is 0 Å². The van der Waals surface area contributed by atoms with Crippen molar-refractivity contribution in [1.82, 2.24) is 10.2 Å². The van der Waals surface area contributed by atoms with E-state index in [1.807, 2.05) is 7.05 Å². The van der Waals surface area contributed by atoms with Gasteiger partial charge in [-0.3, -0.25) is 4.79 Å². The second-order valence-electron chi connectivity index (χ2n) is 6.98. The first-order chi connectivity index (χ1) is 10.2. The van der Waals surface area contributed by atoms with Crippen LogP contribution < -0.4 is 5.32 Å². The number of ether oxygens (including phenoxy) is 2. The van der Waals surface area contributed by atoms with E-state index >= 15 is 0 Å². The number of rotatable bonds is 6.